The minimum absolute atomic E-state index is 0.0516. The highest BCUT2D eigenvalue weighted by atomic mass is 35.5. The molecule has 0 bridgehead atoms. The third-order valence-corrected chi connectivity index (χ3v) is 5.52. The van der Waals surface area contributed by atoms with Crippen molar-refractivity contribution in [2.45, 2.75) is 11.3 Å². The van der Waals surface area contributed by atoms with Crippen LogP contribution in [0.5, 0.6) is 5.75 Å². The van der Waals surface area contributed by atoms with Gasteiger partial charge in [0.15, 0.2) is 0 Å². The minimum Gasteiger partial charge on any atom is -0.497 e. The highest BCUT2D eigenvalue weighted by Crippen LogP contribution is 2.25. The van der Waals surface area contributed by atoms with E-state index >= 15 is 0 Å². The second-order valence-electron chi connectivity index (χ2n) is 5.14. The van der Waals surface area contributed by atoms with Crippen molar-refractivity contribution in [3.05, 3.63) is 23.2 Å². The van der Waals surface area contributed by atoms with E-state index < -0.39 is 10.0 Å². The van der Waals surface area contributed by atoms with E-state index in [9.17, 15) is 8.42 Å². The highest BCUT2D eigenvalue weighted by molar-refractivity contribution is 7.89. The molecule has 6 nitrogen and oxygen atoms in total. The molecule has 1 aromatic carbocycles. The van der Waals surface area contributed by atoms with Gasteiger partial charge in [-0.3, -0.25) is 0 Å². The maximum atomic E-state index is 12.3. The Bertz CT molecular complexity index is 589. The molecule has 0 spiro atoms. The third-order valence-electron chi connectivity index (χ3n) is 3.58. The molecule has 1 heterocycles. The Morgan fingerprint density at radius 2 is 2.09 bits per heavy atom. The van der Waals surface area contributed by atoms with E-state index in [1.54, 1.807) is 6.07 Å². The minimum atomic E-state index is -3.62. The van der Waals surface area contributed by atoms with Gasteiger partial charge >= 0.3 is 0 Å². The van der Waals surface area contributed by atoms with Crippen LogP contribution in [0.3, 0.4) is 0 Å². The number of nitrogens with zero attached hydrogens (tertiary/aromatic N) is 1. The maximum absolute atomic E-state index is 12.3. The Labute approximate surface area is 136 Å². The van der Waals surface area contributed by atoms with Gasteiger partial charge in [0.2, 0.25) is 10.0 Å². The first-order valence-electron chi connectivity index (χ1n) is 7.29. The maximum Gasteiger partial charge on any atom is 0.242 e. The van der Waals surface area contributed by atoms with Crippen molar-refractivity contribution >= 4 is 21.6 Å². The molecular formula is C14H22ClN3O3S. The lowest BCUT2D eigenvalue weighted by molar-refractivity contribution is 0.239. The monoisotopic (exact) mass is 347 g/mol. The van der Waals surface area contributed by atoms with Crippen molar-refractivity contribution in [2.75, 3.05) is 46.4 Å². The molecule has 1 aromatic rings. The van der Waals surface area contributed by atoms with Crippen LogP contribution in [0, 0.1) is 0 Å². The van der Waals surface area contributed by atoms with Crippen LogP contribution in [0.2, 0.25) is 5.02 Å². The number of hydrogen-bond donors (Lipinski definition) is 2. The summed E-state index contributed by atoms with van der Waals surface area (Å²) in [6.07, 6.45) is 0.765. The first-order valence-corrected chi connectivity index (χ1v) is 9.15. The van der Waals surface area contributed by atoms with Crippen molar-refractivity contribution in [3.63, 3.8) is 0 Å². The molecule has 0 aromatic heterocycles. The molecule has 1 aliphatic rings. The molecule has 22 heavy (non-hydrogen) atoms. The summed E-state index contributed by atoms with van der Waals surface area (Å²) in [5, 5.41) is 3.48. The van der Waals surface area contributed by atoms with Gasteiger partial charge in [0.1, 0.15) is 10.6 Å². The van der Waals surface area contributed by atoms with Gasteiger partial charge in [-0.25, -0.2) is 13.1 Å². The predicted octanol–water partition coefficient (Wildman–Crippen LogP) is 0.922. The molecule has 124 valence electrons. The highest BCUT2D eigenvalue weighted by Gasteiger charge is 2.18. The van der Waals surface area contributed by atoms with E-state index in [4.69, 9.17) is 16.3 Å². The average Bonchev–Trinajstić information content (AvgIpc) is 2.53. The summed E-state index contributed by atoms with van der Waals surface area (Å²) in [5.74, 6) is 0.464. The van der Waals surface area contributed by atoms with Crippen LogP contribution in [-0.2, 0) is 10.0 Å². The van der Waals surface area contributed by atoms with Crippen molar-refractivity contribution in [1.29, 1.82) is 0 Å². The number of rotatable bonds is 7. The van der Waals surface area contributed by atoms with Gasteiger partial charge in [0.25, 0.3) is 0 Å². The Morgan fingerprint density at radius 3 is 2.77 bits per heavy atom. The second-order valence-corrected chi connectivity index (χ2v) is 7.28. The Balaban J connectivity index is 1.88. The molecule has 1 saturated heterocycles. The van der Waals surface area contributed by atoms with E-state index in [1.165, 1.54) is 19.2 Å². The summed E-state index contributed by atoms with van der Waals surface area (Å²) in [7, 11) is -2.13. The number of piperazine rings is 1. The predicted molar refractivity (Wildman–Crippen MR) is 87.1 cm³/mol. The van der Waals surface area contributed by atoms with E-state index in [-0.39, 0.29) is 9.92 Å². The molecule has 0 saturated carbocycles. The smallest absolute Gasteiger partial charge is 0.242 e. The number of nitrogens with one attached hydrogen (secondary N) is 2. The Morgan fingerprint density at radius 1 is 1.36 bits per heavy atom. The van der Waals surface area contributed by atoms with Crippen LogP contribution >= 0.6 is 11.6 Å². The molecule has 0 amide bonds. The standard InChI is InChI=1S/C14H22ClN3O3S/c1-21-12-3-4-13(15)14(11-12)22(19,20)17-5-2-8-18-9-6-16-7-10-18/h3-4,11,16-17H,2,5-10H2,1H3. The van der Waals surface area contributed by atoms with Gasteiger partial charge in [-0.2, -0.15) is 0 Å². The van der Waals surface area contributed by atoms with Crippen molar-refractivity contribution in [1.82, 2.24) is 14.9 Å². The lowest BCUT2D eigenvalue weighted by Gasteiger charge is -2.27. The molecule has 8 heteroatoms. The molecule has 0 radical (unpaired) electrons. The SMILES string of the molecule is COc1ccc(Cl)c(S(=O)(=O)NCCCN2CCNCC2)c1. The summed E-state index contributed by atoms with van der Waals surface area (Å²) in [6.45, 7) is 5.27. The zero-order valence-electron chi connectivity index (χ0n) is 12.6. The van der Waals surface area contributed by atoms with Crippen molar-refractivity contribution in [2.24, 2.45) is 0 Å². The summed E-state index contributed by atoms with van der Waals surface area (Å²) < 4.78 is 32.2. The fourth-order valence-corrected chi connectivity index (χ4v) is 3.93. The fourth-order valence-electron chi connectivity index (χ4n) is 2.34. The molecule has 1 fully saturated rings. The van der Waals surface area contributed by atoms with Crippen LogP contribution in [0.4, 0.5) is 0 Å². The normalized spacial score (nSPS) is 16.6. The number of hydrogen-bond acceptors (Lipinski definition) is 5. The number of ether oxygens (including phenoxy) is 1. The summed E-state index contributed by atoms with van der Waals surface area (Å²) in [5.41, 5.74) is 0. The number of methoxy groups -OCH3 is 1. The van der Waals surface area contributed by atoms with E-state index in [2.05, 4.69) is 14.9 Å². The Hall–Kier alpha value is -0.860. The van der Waals surface area contributed by atoms with E-state index in [0.29, 0.717) is 12.3 Å². The fraction of sp³-hybridized carbons (Fsp3) is 0.571. The van der Waals surface area contributed by atoms with Gasteiger partial charge in [-0.1, -0.05) is 11.6 Å². The van der Waals surface area contributed by atoms with Gasteiger partial charge in [-0.05, 0) is 25.1 Å². The molecule has 0 atom stereocenters. The Kier molecular flexibility index (Phi) is 6.46. The van der Waals surface area contributed by atoms with Crippen LogP contribution in [-0.4, -0.2) is 59.7 Å². The van der Waals surface area contributed by atoms with Crippen molar-refractivity contribution < 1.29 is 13.2 Å². The van der Waals surface area contributed by atoms with Crippen LogP contribution < -0.4 is 14.8 Å². The zero-order valence-corrected chi connectivity index (χ0v) is 14.2. The topological polar surface area (TPSA) is 70.7 Å². The number of halogens is 1. The van der Waals surface area contributed by atoms with Gasteiger partial charge in [-0.15, -0.1) is 0 Å². The van der Waals surface area contributed by atoms with Crippen LogP contribution in [0.15, 0.2) is 23.1 Å². The molecule has 1 aliphatic heterocycles. The molecule has 0 unspecified atom stereocenters. The first-order chi connectivity index (χ1) is 10.5. The van der Waals surface area contributed by atoms with Gasteiger partial charge in [0, 0.05) is 38.8 Å². The quantitative estimate of drug-likeness (QED) is 0.718. The summed E-state index contributed by atoms with van der Waals surface area (Å²) in [4.78, 5) is 2.37. The largest absolute Gasteiger partial charge is 0.497 e. The summed E-state index contributed by atoms with van der Waals surface area (Å²) >= 11 is 5.98. The van der Waals surface area contributed by atoms with E-state index in [1.807, 2.05) is 0 Å². The number of benzene rings is 1. The zero-order chi connectivity index (χ0) is 16.0. The van der Waals surface area contributed by atoms with Crippen molar-refractivity contribution in [3.8, 4) is 5.75 Å². The lowest BCUT2D eigenvalue weighted by Crippen LogP contribution is -2.44. The first kappa shape index (κ1) is 17.5. The number of sulfonamides is 1. The third kappa shape index (κ3) is 4.82. The second kappa shape index (κ2) is 8.12. The van der Waals surface area contributed by atoms with E-state index in [0.717, 1.165) is 39.1 Å². The molecular weight excluding hydrogens is 326 g/mol. The van der Waals surface area contributed by atoms with Gasteiger partial charge < -0.3 is 15.0 Å². The molecule has 2 N–H and O–H groups in total. The van der Waals surface area contributed by atoms with Crippen LogP contribution in [0.1, 0.15) is 6.42 Å². The lowest BCUT2D eigenvalue weighted by atomic mass is 10.3. The van der Waals surface area contributed by atoms with Gasteiger partial charge in [0.05, 0.1) is 12.1 Å². The van der Waals surface area contributed by atoms with Crippen LogP contribution in [0.25, 0.3) is 0 Å². The average molecular weight is 348 g/mol. The molecule has 2 rings (SSSR count). The molecule has 0 aliphatic carbocycles. The summed E-state index contributed by atoms with van der Waals surface area (Å²) in [6, 6.07) is 4.59.